The molecule has 0 unspecified atom stereocenters. The van der Waals surface area contributed by atoms with Gasteiger partial charge in [-0.3, -0.25) is 4.79 Å². The molecule has 1 amide bonds. The molecule has 1 atom stereocenters. The maximum Gasteiger partial charge on any atom is 0.342 e. The van der Waals surface area contributed by atoms with Crippen molar-refractivity contribution in [1.82, 2.24) is 0 Å². The molecule has 0 fully saturated rings. The minimum Gasteiger partial charge on any atom is -0.497 e. The Morgan fingerprint density at radius 3 is 2.48 bits per heavy atom. The second kappa shape index (κ2) is 9.62. The van der Waals surface area contributed by atoms with Crippen LogP contribution in [0.3, 0.4) is 0 Å². The molecule has 0 saturated carbocycles. The molecule has 0 aliphatic heterocycles. The maximum atomic E-state index is 12.3. The average molecular weight is 371 g/mol. The molecule has 1 N–H and O–H groups in total. The summed E-state index contributed by atoms with van der Waals surface area (Å²) in [6, 6.07) is 12.4. The van der Waals surface area contributed by atoms with E-state index < -0.39 is 18.5 Å². The lowest BCUT2D eigenvalue weighted by atomic mass is 9.97. The number of para-hydroxylation sites is 1. The number of benzene rings is 2. The van der Waals surface area contributed by atoms with Crippen LogP contribution in [0.5, 0.6) is 11.5 Å². The van der Waals surface area contributed by atoms with Crippen LogP contribution in [0.25, 0.3) is 0 Å². The summed E-state index contributed by atoms with van der Waals surface area (Å²) >= 11 is 0. The largest absolute Gasteiger partial charge is 0.497 e. The summed E-state index contributed by atoms with van der Waals surface area (Å²) in [4.78, 5) is 24.6. The van der Waals surface area contributed by atoms with Gasteiger partial charge in [-0.25, -0.2) is 4.79 Å². The van der Waals surface area contributed by atoms with Crippen LogP contribution >= 0.6 is 0 Å². The summed E-state index contributed by atoms with van der Waals surface area (Å²) in [5, 5.41) is 2.81. The molecule has 6 nitrogen and oxygen atoms in total. The highest BCUT2D eigenvalue weighted by molar-refractivity contribution is 5.97. The zero-order valence-corrected chi connectivity index (χ0v) is 16.1. The first-order chi connectivity index (χ1) is 13.0. The van der Waals surface area contributed by atoms with Crippen molar-refractivity contribution in [3.8, 4) is 11.5 Å². The molecule has 2 aromatic carbocycles. The monoisotopic (exact) mass is 371 g/mol. The van der Waals surface area contributed by atoms with Gasteiger partial charge in [-0.1, -0.05) is 32.0 Å². The number of carbonyl (C=O) groups excluding carboxylic acids is 2. The Bertz CT molecular complexity index is 803. The maximum absolute atomic E-state index is 12.3. The number of carbonyl (C=O) groups is 2. The lowest BCUT2D eigenvalue weighted by molar-refractivity contribution is -0.119. The fourth-order valence-corrected chi connectivity index (χ4v) is 2.63. The predicted octanol–water partition coefficient (Wildman–Crippen LogP) is 4.01. The number of nitrogens with one attached hydrogen (secondary N) is 1. The lowest BCUT2D eigenvalue weighted by Crippen LogP contribution is -2.22. The van der Waals surface area contributed by atoms with Crippen molar-refractivity contribution in [3.63, 3.8) is 0 Å². The Hall–Kier alpha value is -3.02. The molecule has 0 heterocycles. The van der Waals surface area contributed by atoms with Gasteiger partial charge < -0.3 is 19.5 Å². The van der Waals surface area contributed by atoms with Crippen LogP contribution in [0.1, 0.15) is 42.1 Å². The number of amides is 1. The first-order valence-corrected chi connectivity index (χ1v) is 8.78. The molecule has 144 valence electrons. The van der Waals surface area contributed by atoms with E-state index in [-0.39, 0.29) is 5.56 Å². The Morgan fingerprint density at radius 2 is 1.81 bits per heavy atom. The number of anilines is 1. The first-order valence-electron chi connectivity index (χ1n) is 8.78. The molecule has 2 aromatic rings. The van der Waals surface area contributed by atoms with E-state index in [2.05, 4.69) is 19.2 Å². The van der Waals surface area contributed by atoms with Gasteiger partial charge in [0.1, 0.15) is 17.1 Å². The molecule has 0 aromatic heterocycles. The third-order valence-corrected chi connectivity index (χ3v) is 4.34. The summed E-state index contributed by atoms with van der Waals surface area (Å²) in [6.45, 7) is 3.79. The highest BCUT2D eigenvalue weighted by Crippen LogP contribution is 2.27. The molecule has 0 saturated heterocycles. The first kappa shape index (κ1) is 20.3. The van der Waals surface area contributed by atoms with Gasteiger partial charge in [0.25, 0.3) is 5.91 Å². The zero-order valence-electron chi connectivity index (χ0n) is 16.1. The minimum atomic E-state index is -0.656. The summed E-state index contributed by atoms with van der Waals surface area (Å²) in [5.41, 5.74) is 1.98. The third kappa shape index (κ3) is 5.23. The Kier molecular flexibility index (Phi) is 7.23. The van der Waals surface area contributed by atoms with Gasteiger partial charge in [-0.15, -0.1) is 0 Å². The number of hydrogen-bond donors (Lipinski definition) is 1. The van der Waals surface area contributed by atoms with Crippen molar-refractivity contribution in [3.05, 3.63) is 53.6 Å². The molecule has 2 rings (SSSR count). The van der Waals surface area contributed by atoms with E-state index in [1.165, 1.54) is 20.3 Å². The molecule has 0 aliphatic rings. The average Bonchev–Trinajstić information content (AvgIpc) is 2.71. The van der Waals surface area contributed by atoms with E-state index in [0.29, 0.717) is 17.4 Å². The van der Waals surface area contributed by atoms with Crippen molar-refractivity contribution in [2.45, 2.75) is 26.2 Å². The highest BCUT2D eigenvalue weighted by atomic mass is 16.5. The Morgan fingerprint density at radius 1 is 1.07 bits per heavy atom. The number of ether oxygens (including phenoxy) is 3. The minimum absolute atomic E-state index is 0.199. The van der Waals surface area contributed by atoms with Gasteiger partial charge in [0.15, 0.2) is 6.61 Å². The molecule has 0 bridgehead atoms. The van der Waals surface area contributed by atoms with Gasteiger partial charge in [-0.2, -0.15) is 0 Å². The summed E-state index contributed by atoms with van der Waals surface area (Å²) in [5.74, 6) is 0.0974. The van der Waals surface area contributed by atoms with Crippen LogP contribution < -0.4 is 14.8 Å². The van der Waals surface area contributed by atoms with Crippen LogP contribution in [0, 0.1) is 0 Å². The molecule has 0 spiro atoms. The van der Waals surface area contributed by atoms with E-state index in [4.69, 9.17) is 14.2 Å². The number of methoxy groups -OCH3 is 2. The Labute approximate surface area is 159 Å². The third-order valence-electron chi connectivity index (χ3n) is 4.34. The highest BCUT2D eigenvalue weighted by Gasteiger charge is 2.17. The van der Waals surface area contributed by atoms with E-state index in [1.807, 2.05) is 24.3 Å². The van der Waals surface area contributed by atoms with Crippen LogP contribution in [0.4, 0.5) is 5.69 Å². The van der Waals surface area contributed by atoms with Gasteiger partial charge in [0.2, 0.25) is 0 Å². The second-order valence-corrected chi connectivity index (χ2v) is 6.09. The predicted molar refractivity (Wildman–Crippen MR) is 104 cm³/mol. The van der Waals surface area contributed by atoms with Crippen molar-refractivity contribution in [1.29, 1.82) is 0 Å². The smallest absolute Gasteiger partial charge is 0.342 e. The van der Waals surface area contributed by atoms with Crippen molar-refractivity contribution >= 4 is 17.6 Å². The molecule has 27 heavy (non-hydrogen) atoms. The van der Waals surface area contributed by atoms with Gasteiger partial charge in [-0.05, 0) is 42.2 Å². The number of hydrogen-bond acceptors (Lipinski definition) is 5. The number of rotatable bonds is 8. The van der Waals surface area contributed by atoms with Crippen LogP contribution in [-0.4, -0.2) is 32.7 Å². The SMILES string of the molecule is CC[C@@H](C)c1ccccc1NC(=O)COC(=O)c1cc(OC)ccc1OC. The topological polar surface area (TPSA) is 73.9 Å². The van der Waals surface area contributed by atoms with Gasteiger partial charge >= 0.3 is 5.97 Å². The van der Waals surface area contributed by atoms with E-state index in [1.54, 1.807) is 12.1 Å². The molecular formula is C21H25NO5. The van der Waals surface area contributed by atoms with Crippen molar-refractivity contribution in [2.75, 3.05) is 26.1 Å². The standard InChI is InChI=1S/C21H25NO5/c1-5-14(2)16-8-6-7-9-18(16)22-20(23)13-27-21(24)17-12-15(25-3)10-11-19(17)26-4/h6-12,14H,5,13H2,1-4H3,(H,22,23)/t14-/m1/s1. The second-order valence-electron chi connectivity index (χ2n) is 6.09. The molecular weight excluding hydrogens is 346 g/mol. The zero-order chi connectivity index (χ0) is 19.8. The summed E-state index contributed by atoms with van der Waals surface area (Å²) in [6.07, 6.45) is 0.956. The summed E-state index contributed by atoms with van der Waals surface area (Å²) < 4.78 is 15.4. The molecule has 0 radical (unpaired) electrons. The fourth-order valence-electron chi connectivity index (χ4n) is 2.63. The normalized spacial score (nSPS) is 11.4. The van der Waals surface area contributed by atoms with Gasteiger partial charge in [0.05, 0.1) is 14.2 Å². The van der Waals surface area contributed by atoms with Crippen molar-refractivity contribution in [2.24, 2.45) is 0 Å². The van der Waals surface area contributed by atoms with E-state index in [0.717, 1.165) is 17.7 Å². The summed E-state index contributed by atoms with van der Waals surface area (Å²) in [7, 11) is 2.95. The van der Waals surface area contributed by atoms with Crippen LogP contribution in [0.15, 0.2) is 42.5 Å². The van der Waals surface area contributed by atoms with E-state index in [9.17, 15) is 9.59 Å². The molecule has 6 heteroatoms. The Balaban J connectivity index is 2.03. The van der Waals surface area contributed by atoms with Crippen molar-refractivity contribution < 1.29 is 23.8 Å². The van der Waals surface area contributed by atoms with Crippen LogP contribution in [0.2, 0.25) is 0 Å². The lowest BCUT2D eigenvalue weighted by Gasteiger charge is -2.15. The van der Waals surface area contributed by atoms with E-state index >= 15 is 0 Å². The molecule has 0 aliphatic carbocycles. The van der Waals surface area contributed by atoms with Crippen LogP contribution in [-0.2, 0) is 9.53 Å². The fraction of sp³-hybridized carbons (Fsp3) is 0.333. The van der Waals surface area contributed by atoms with Gasteiger partial charge in [0, 0.05) is 5.69 Å². The quantitative estimate of drug-likeness (QED) is 0.710. The number of esters is 1.